The molecule has 1 aliphatic carbocycles. The van der Waals surface area contributed by atoms with E-state index in [1.165, 1.54) is 12.8 Å². The first-order valence-corrected chi connectivity index (χ1v) is 7.09. The van der Waals surface area contributed by atoms with Crippen molar-refractivity contribution in [3.63, 3.8) is 0 Å². The van der Waals surface area contributed by atoms with E-state index >= 15 is 0 Å². The summed E-state index contributed by atoms with van der Waals surface area (Å²) < 4.78 is 5.34. The van der Waals surface area contributed by atoms with Crippen molar-refractivity contribution in [2.75, 3.05) is 7.11 Å². The van der Waals surface area contributed by atoms with E-state index in [-0.39, 0.29) is 5.92 Å². The van der Waals surface area contributed by atoms with Crippen LogP contribution in [0.5, 0.6) is 5.75 Å². The molecular weight excluding hydrogens is 240 g/mol. The van der Waals surface area contributed by atoms with Gasteiger partial charge in [0.1, 0.15) is 5.75 Å². The van der Waals surface area contributed by atoms with Crippen LogP contribution in [0.2, 0.25) is 0 Å². The SMILES string of the molecule is COc1ccccc1C(C(=O)O)C1CCCCCC1. The number of carbonyl (C=O) groups is 1. The van der Waals surface area contributed by atoms with E-state index < -0.39 is 11.9 Å². The second-order valence-corrected chi connectivity index (χ2v) is 5.31. The lowest BCUT2D eigenvalue weighted by Crippen LogP contribution is -2.22. The Morgan fingerprint density at radius 3 is 2.42 bits per heavy atom. The molecule has 0 amide bonds. The van der Waals surface area contributed by atoms with E-state index in [2.05, 4.69) is 0 Å². The van der Waals surface area contributed by atoms with Crippen LogP contribution in [0.3, 0.4) is 0 Å². The van der Waals surface area contributed by atoms with Gasteiger partial charge in [0.2, 0.25) is 0 Å². The van der Waals surface area contributed by atoms with E-state index in [0.717, 1.165) is 31.2 Å². The van der Waals surface area contributed by atoms with Crippen molar-refractivity contribution in [3.8, 4) is 5.75 Å². The molecule has 104 valence electrons. The maximum atomic E-state index is 11.7. The quantitative estimate of drug-likeness (QED) is 0.839. The minimum Gasteiger partial charge on any atom is -0.496 e. The third-order valence-electron chi connectivity index (χ3n) is 4.11. The predicted molar refractivity (Wildman–Crippen MR) is 74.6 cm³/mol. The molecule has 0 heterocycles. The standard InChI is InChI=1S/C16H22O3/c1-19-14-11-7-6-10-13(14)15(16(17)18)12-8-4-2-3-5-9-12/h6-7,10-12,15H,2-5,8-9H2,1H3,(H,17,18). The lowest BCUT2D eigenvalue weighted by Gasteiger charge is -2.24. The number of para-hydroxylation sites is 1. The Kier molecular flexibility index (Phi) is 4.83. The Bertz CT molecular complexity index is 420. The van der Waals surface area contributed by atoms with Crippen LogP contribution in [-0.2, 0) is 4.79 Å². The lowest BCUT2D eigenvalue weighted by molar-refractivity contribution is -0.140. The largest absolute Gasteiger partial charge is 0.496 e. The monoisotopic (exact) mass is 262 g/mol. The molecule has 1 aromatic rings. The van der Waals surface area contributed by atoms with Crippen molar-refractivity contribution in [1.82, 2.24) is 0 Å². The van der Waals surface area contributed by atoms with Crippen molar-refractivity contribution in [2.24, 2.45) is 5.92 Å². The fourth-order valence-corrected chi connectivity index (χ4v) is 3.16. The summed E-state index contributed by atoms with van der Waals surface area (Å²) in [5.41, 5.74) is 0.824. The third kappa shape index (κ3) is 3.28. The smallest absolute Gasteiger partial charge is 0.311 e. The molecule has 0 aromatic heterocycles. The summed E-state index contributed by atoms with van der Waals surface area (Å²) >= 11 is 0. The topological polar surface area (TPSA) is 46.5 Å². The normalized spacial score (nSPS) is 18.6. The van der Waals surface area contributed by atoms with Crippen LogP contribution >= 0.6 is 0 Å². The second kappa shape index (κ2) is 6.60. The van der Waals surface area contributed by atoms with Gasteiger partial charge in [0.25, 0.3) is 0 Å². The van der Waals surface area contributed by atoms with Crippen molar-refractivity contribution < 1.29 is 14.6 Å². The van der Waals surface area contributed by atoms with Crippen LogP contribution in [0.1, 0.15) is 50.0 Å². The van der Waals surface area contributed by atoms with Crippen LogP contribution in [-0.4, -0.2) is 18.2 Å². The van der Waals surface area contributed by atoms with Crippen molar-refractivity contribution >= 4 is 5.97 Å². The van der Waals surface area contributed by atoms with E-state index in [0.29, 0.717) is 5.75 Å². The van der Waals surface area contributed by atoms with Gasteiger partial charge in [0.05, 0.1) is 13.0 Å². The molecule has 19 heavy (non-hydrogen) atoms. The highest BCUT2D eigenvalue weighted by Gasteiger charge is 2.32. The first-order chi connectivity index (χ1) is 9.24. The van der Waals surface area contributed by atoms with Gasteiger partial charge in [0, 0.05) is 5.56 Å². The molecule has 1 aliphatic rings. The molecule has 1 fully saturated rings. The maximum absolute atomic E-state index is 11.7. The van der Waals surface area contributed by atoms with Gasteiger partial charge >= 0.3 is 5.97 Å². The Morgan fingerprint density at radius 1 is 1.21 bits per heavy atom. The summed E-state index contributed by atoms with van der Waals surface area (Å²) in [6.45, 7) is 0. The van der Waals surface area contributed by atoms with Crippen LogP contribution in [0.15, 0.2) is 24.3 Å². The van der Waals surface area contributed by atoms with Gasteiger partial charge in [-0.05, 0) is 24.8 Å². The molecule has 1 N–H and O–H groups in total. The van der Waals surface area contributed by atoms with E-state index in [4.69, 9.17) is 4.74 Å². The van der Waals surface area contributed by atoms with Gasteiger partial charge in [-0.2, -0.15) is 0 Å². The summed E-state index contributed by atoms with van der Waals surface area (Å²) in [4.78, 5) is 11.7. The number of hydrogen-bond donors (Lipinski definition) is 1. The molecule has 0 aliphatic heterocycles. The minimum absolute atomic E-state index is 0.233. The first-order valence-electron chi connectivity index (χ1n) is 7.09. The first kappa shape index (κ1) is 13.9. The van der Waals surface area contributed by atoms with Gasteiger partial charge in [0.15, 0.2) is 0 Å². The number of hydrogen-bond acceptors (Lipinski definition) is 2. The highest BCUT2D eigenvalue weighted by Crippen LogP contribution is 2.38. The Labute approximate surface area is 114 Å². The van der Waals surface area contributed by atoms with Crippen LogP contribution in [0, 0.1) is 5.92 Å². The summed E-state index contributed by atoms with van der Waals surface area (Å²) in [5.74, 6) is -0.235. The summed E-state index contributed by atoms with van der Waals surface area (Å²) in [5, 5.41) is 9.64. The van der Waals surface area contributed by atoms with Crippen LogP contribution in [0.4, 0.5) is 0 Å². The molecule has 3 nitrogen and oxygen atoms in total. The second-order valence-electron chi connectivity index (χ2n) is 5.31. The minimum atomic E-state index is -0.726. The molecule has 2 rings (SSSR count). The van der Waals surface area contributed by atoms with Gasteiger partial charge < -0.3 is 9.84 Å². The summed E-state index contributed by atoms with van der Waals surface area (Å²) in [7, 11) is 1.60. The molecule has 0 saturated heterocycles. The average Bonchev–Trinajstić information content (AvgIpc) is 2.68. The summed E-state index contributed by atoms with van der Waals surface area (Å²) in [6.07, 6.45) is 6.76. The molecule has 1 atom stereocenters. The molecule has 0 radical (unpaired) electrons. The molecular formula is C16H22O3. The number of carboxylic acid groups (broad SMARTS) is 1. The molecule has 0 spiro atoms. The zero-order valence-electron chi connectivity index (χ0n) is 11.5. The summed E-state index contributed by atoms with van der Waals surface area (Å²) in [6, 6.07) is 7.52. The zero-order valence-corrected chi connectivity index (χ0v) is 11.5. The maximum Gasteiger partial charge on any atom is 0.311 e. The number of ether oxygens (including phenoxy) is 1. The Balaban J connectivity index is 2.30. The molecule has 1 aromatic carbocycles. The van der Waals surface area contributed by atoms with Gasteiger partial charge in [-0.15, -0.1) is 0 Å². The lowest BCUT2D eigenvalue weighted by atomic mass is 9.81. The predicted octanol–water partition coefficient (Wildman–Crippen LogP) is 3.83. The fourth-order valence-electron chi connectivity index (χ4n) is 3.16. The van der Waals surface area contributed by atoms with Gasteiger partial charge in [-0.1, -0.05) is 43.9 Å². The number of rotatable bonds is 4. The van der Waals surface area contributed by atoms with Crippen LogP contribution < -0.4 is 4.74 Å². The molecule has 1 saturated carbocycles. The third-order valence-corrected chi connectivity index (χ3v) is 4.11. The highest BCUT2D eigenvalue weighted by atomic mass is 16.5. The molecule has 3 heteroatoms. The van der Waals surface area contributed by atoms with Crippen molar-refractivity contribution in [1.29, 1.82) is 0 Å². The Morgan fingerprint density at radius 2 is 1.84 bits per heavy atom. The number of carboxylic acids is 1. The average molecular weight is 262 g/mol. The molecule has 0 bridgehead atoms. The van der Waals surface area contributed by atoms with Gasteiger partial charge in [-0.3, -0.25) is 4.79 Å². The van der Waals surface area contributed by atoms with Crippen molar-refractivity contribution in [3.05, 3.63) is 29.8 Å². The highest BCUT2D eigenvalue weighted by molar-refractivity contribution is 5.77. The van der Waals surface area contributed by atoms with E-state index in [1.54, 1.807) is 7.11 Å². The fraction of sp³-hybridized carbons (Fsp3) is 0.562. The zero-order chi connectivity index (χ0) is 13.7. The van der Waals surface area contributed by atoms with E-state index in [1.807, 2.05) is 24.3 Å². The number of methoxy groups -OCH3 is 1. The number of benzene rings is 1. The molecule has 1 unspecified atom stereocenters. The van der Waals surface area contributed by atoms with Crippen LogP contribution in [0.25, 0.3) is 0 Å². The van der Waals surface area contributed by atoms with Gasteiger partial charge in [-0.25, -0.2) is 0 Å². The Hall–Kier alpha value is -1.51. The van der Waals surface area contributed by atoms with Crippen molar-refractivity contribution in [2.45, 2.75) is 44.4 Å². The number of aliphatic carboxylic acids is 1. The van der Waals surface area contributed by atoms with E-state index in [9.17, 15) is 9.90 Å².